The molecule has 1 atom stereocenters. The number of hydrogen-bond donors (Lipinski definition) is 1. The third kappa shape index (κ3) is 4.17. The molecule has 0 aromatic heterocycles. The molecule has 0 amide bonds. The molecule has 0 aliphatic heterocycles. The SMILES string of the molecule is CCOC(=O)c1ccc(-c2ccc(CC(C)N)cc2)cc1. The van der Waals surface area contributed by atoms with Crippen LogP contribution in [-0.2, 0) is 11.2 Å². The van der Waals surface area contributed by atoms with Gasteiger partial charge in [0.15, 0.2) is 0 Å². The summed E-state index contributed by atoms with van der Waals surface area (Å²) in [7, 11) is 0. The van der Waals surface area contributed by atoms with Gasteiger partial charge in [0.2, 0.25) is 0 Å². The monoisotopic (exact) mass is 283 g/mol. The minimum Gasteiger partial charge on any atom is -0.462 e. The van der Waals surface area contributed by atoms with E-state index in [1.54, 1.807) is 19.1 Å². The summed E-state index contributed by atoms with van der Waals surface area (Å²) in [5.41, 5.74) is 9.81. The van der Waals surface area contributed by atoms with Crippen LogP contribution in [0, 0.1) is 0 Å². The normalized spacial score (nSPS) is 12.0. The first-order valence-electron chi connectivity index (χ1n) is 7.22. The summed E-state index contributed by atoms with van der Waals surface area (Å²) in [5.74, 6) is -0.281. The van der Waals surface area contributed by atoms with Crippen molar-refractivity contribution in [2.24, 2.45) is 5.73 Å². The molecule has 0 aliphatic rings. The van der Waals surface area contributed by atoms with Crippen molar-refractivity contribution in [1.82, 2.24) is 0 Å². The van der Waals surface area contributed by atoms with E-state index >= 15 is 0 Å². The number of benzene rings is 2. The van der Waals surface area contributed by atoms with Crippen LogP contribution in [0.15, 0.2) is 48.5 Å². The molecule has 3 heteroatoms. The van der Waals surface area contributed by atoms with Crippen LogP contribution < -0.4 is 5.73 Å². The van der Waals surface area contributed by atoms with E-state index < -0.39 is 0 Å². The van der Waals surface area contributed by atoms with E-state index in [0.717, 1.165) is 17.5 Å². The van der Waals surface area contributed by atoms with Crippen LogP contribution >= 0.6 is 0 Å². The highest BCUT2D eigenvalue weighted by Gasteiger charge is 2.06. The number of esters is 1. The van der Waals surface area contributed by atoms with E-state index in [2.05, 4.69) is 24.3 Å². The molecule has 0 saturated heterocycles. The van der Waals surface area contributed by atoms with Crippen LogP contribution in [0.2, 0.25) is 0 Å². The van der Waals surface area contributed by atoms with Gasteiger partial charge in [0, 0.05) is 6.04 Å². The van der Waals surface area contributed by atoms with Gasteiger partial charge in [-0.25, -0.2) is 4.79 Å². The first-order valence-corrected chi connectivity index (χ1v) is 7.22. The second kappa shape index (κ2) is 7.04. The molecule has 3 nitrogen and oxygen atoms in total. The van der Waals surface area contributed by atoms with Crippen molar-refractivity contribution in [2.75, 3.05) is 6.61 Å². The summed E-state index contributed by atoms with van der Waals surface area (Å²) in [6, 6.07) is 16.0. The van der Waals surface area contributed by atoms with Crippen LogP contribution in [0.25, 0.3) is 11.1 Å². The first kappa shape index (κ1) is 15.3. The molecule has 0 saturated carbocycles. The summed E-state index contributed by atoms with van der Waals surface area (Å²) >= 11 is 0. The Balaban J connectivity index is 2.13. The number of hydrogen-bond acceptors (Lipinski definition) is 3. The van der Waals surface area contributed by atoms with Crippen LogP contribution in [0.5, 0.6) is 0 Å². The zero-order valence-corrected chi connectivity index (χ0v) is 12.5. The fourth-order valence-corrected chi connectivity index (χ4v) is 2.22. The van der Waals surface area contributed by atoms with Crippen LogP contribution in [0.1, 0.15) is 29.8 Å². The summed E-state index contributed by atoms with van der Waals surface area (Å²) < 4.78 is 4.98. The Morgan fingerprint density at radius 3 is 2.05 bits per heavy atom. The molecular formula is C18H21NO2. The van der Waals surface area contributed by atoms with Crippen molar-refractivity contribution in [2.45, 2.75) is 26.3 Å². The van der Waals surface area contributed by atoms with Gasteiger partial charge in [-0.3, -0.25) is 0 Å². The maximum atomic E-state index is 11.6. The molecule has 0 heterocycles. The van der Waals surface area contributed by atoms with Crippen LogP contribution in [-0.4, -0.2) is 18.6 Å². The van der Waals surface area contributed by atoms with Gasteiger partial charge in [-0.05, 0) is 49.1 Å². The van der Waals surface area contributed by atoms with Crippen molar-refractivity contribution in [3.8, 4) is 11.1 Å². The molecule has 1 unspecified atom stereocenters. The Bertz CT molecular complexity index is 586. The first-order chi connectivity index (χ1) is 10.1. The molecule has 2 N–H and O–H groups in total. The van der Waals surface area contributed by atoms with E-state index in [1.165, 1.54) is 5.56 Å². The van der Waals surface area contributed by atoms with Crippen molar-refractivity contribution < 1.29 is 9.53 Å². The highest BCUT2D eigenvalue weighted by Crippen LogP contribution is 2.21. The Kier molecular flexibility index (Phi) is 5.12. The van der Waals surface area contributed by atoms with Gasteiger partial charge in [0.25, 0.3) is 0 Å². The lowest BCUT2D eigenvalue weighted by Crippen LogP contribution is -2.17. The Morgan fingerprint density at radius 1 is 1.05 bits per heavy atom. The zero-order valence-electron chi connectivity index (χ0n) is 12.5. The summed E-state index contributed by atoms with van der Waals surface area (Å²) in [6.45, 7) is 4.19. The summed E-state index contributed by atoms with van der Waals surface area (Å²) in [6.07, 6.45) is 0.877. The highest BCUT2D eigenvalue weighted by molar-refractivity contribution is 5.90. The van der Waals surface area contributed by atoms with E-state index in [0.29, 0.717) is 12.2 Å². The van der Waals surface area contributed by atoms with Gasteiger partial charge in [0.1, 0.15) is 0 Å². The molecule has 0 fully saturated rings. The lowest BCUT2D eigenvalue weighted by molar-refractivity contribution is 0.0526. The predicted molar refractivity (Wildman–Crippen MR) is 85.2 cm³/mol. The third-order valence-electron chi connectivity index (χ3n) is 3.24. The van der Waals surface area contributed by atoms with Gasteiger partial charge in [-0.15, -0.1) is 0 Å². The lowest BCUT2D eigenvalue weighted by atomic mass is 10.0. The molecule has 110 valence electrons. The molecule has 0 aliphatic carbocycles. The molecule has 2 aromatic carbocycles. The quantitative estimate of drug-likeness (QED) is 0.855. The van der Waals surface area contributed by atoms with E-state index in [4.69, 9.17) is 10.5 Å². The topological polar surface area (TPSA) is 52.3 Å². The van der Waals surface area contributed by atoms with Crippen molar-refractivity contribution in [1.29, 1.82) is 0 Å². The number of nitrogens with two attached hydrogens (primary N) is 1. The van der Waals surface area contributed by atoms with Gasteiger partial charge in [-0.2, -0.15) is 0 Å². The zero-order chi connectivity index (χ0) is 15.2. The molecular weight excluding hydrogens is 262 g/mol. The van der Waals surface area contributed by atoms with Gasteiger partial charge in [0.05, 0.1) is 12.2 Å². The molecule has 0 spiro atoms. The second-order valence-electron chi connectivity index (χ2n) is 5.18. The smallest absolute Gasteiger partial charge is 0.338 e. The third-order valence-corrected chi connectivity index (χ3v) is 3.24. The van der Waals surface area contributed by atoms with Gasteiger partial charge < -0.3 is 10.5 Å². The van der Waals surface area contributed by atoms with E-state index in [9.17, 15) is 4.79 Å². The van der Waals surface area contributed by atoms with Crippen LogP contribution in [0.3, 0.4) is 0 Å². The van der Waals surface area contributed by atoms with Crippen molar-refractivity contribution >= 4 is 5.97 Å². The van der Waals surface area contributed by atoms with Gasteiger partial charge >= 0.3 is 5.97 Å². The lowest BCUT2D eigenvalue weighted by Gasteiger charge is -2.07. The number of rotatable bonds is 5. The van der Waals surface area contributed by atoms with E-state index in [-0.39, 0.29) is 12.0 Å². The minimum atomic E-state index is -0.281. The van der Waals surface area contributed by atoms with Crippen molar-refractivity contribution in [3.63, 3.8) is 0 Å². The maximum Gasteiger partial charge on any atom is 0.338 e. The minimum absolute atomic E-state index is 0.166. The van der Waals surface area contributed by atoms with Crippen molar-refractivity contribution in [3.05, 3.63) is 59.7 Å². The number of ether oxygens (including phenoxy) is 1. The molecule has 21 heavy (non-hydrogen) atoms. The predicted octanol–water partition coefficient (Wildman–Crippen LogP) is 3.42. The fraction of sp³-hybridized carbons (Fsp3) is 0.278. The maximum absolute atomic E-state index is 11.6. The van der Waals surface area contributed by atoms with Crippen LogP contribution in [0.4, 0.5) is 0 Å². The fourth-order valence-electron chi connectivity index (χ4n) is 2.22. The number of carbonyl (C=O) groups is 1. The van der Waals surface area contributed by atoms with Gasteiger partial charge in [-0.1, -0.05) is 36.4 Å². The average molecular weight is 283 g/mol. The standard InChI is InChI=1S/C18H21NO2/c1-3-21-18(20)17-10-8-16(9-11-17)15-6-4-14(5-7-15)12-13(2)19/h4-11,13H,3,12,19H2,1-2H3. The number of carbonyl (C=O) groups excluding carboxylic acids is 1. The molecule has 2 aromatic rings. The summed E-state index contributed by atoms with van der Waals surface area (Å²) in [4.78, 5) is 11.6. The molecule has 0 radical (unpaired) electrons. The summed E-state index contributed by atoms with van der Waals surface area (Å²) in [5, 5.41) is 0. The molecule has 0 bridgehead atoms. The van der Waals surface area contributed by atoms with E-state index in [1.807, 2.05) is 19.1 Å². The largest absolute Gasteiger partial charge is 0.462 e. The Morgan fingerprint density at radius 2 is 1.57 bits per heavy atom. The second-order valence-corrected chi connectivity index (χ2v) is 5.18. The molecule has 2 rings (SSSR count). The average Bonchev–Trinajstić information content (AvgIpc) is 2.48. The Labute approximate surface area is 125 Å². The highest BCUT2D eigenvalue weighted by atomic mass is 16.5. The Hall–Kier alpha value is -2.13.